The van der Waals surface area contributed by atoms with Gasteiger partial charge >= 0.3 is 6.16 Å². The molecule has 2 atom stereocenters. The van der Waals surface area contributed by atoms with E-state index in [1.165, 1.54) is 24.3 Å². The number of ether oxygens (including phenoxy) is 2. The highest BCUT2D eigenvalue weighted by Gasteiger charge is 2.30. The van der Waals surface area contributed by atoms with Crippen LogP contribution in [0.3, 0.4) is 0 Å². The molecule has 0 aliphatic heterocycles. The third-order valence-corrected chi connectivity index (χ3v) is 3.95. The normalized spacial score (nSPS) is 19.8. The van der Waals surface area contributed by atoms with Crippen LogP contribution >= 0.6 is 0 Å². The van der Waals surface area contributed by atoms with Crippen LogP contribution in [0.1, 0.15) is 30.9 Å². The molecule has 0 bridgehead atoms. The Balaban J connectivity index is 1.51. The number of benzene rings is 1. The van der Waals surface area contributed by atoms with Crippen LogP contribution in [-0.4, -0.2) is 27.4 Å². The van der Waals surface area contributed by atoms with Gasteiger partial charge in [-0.15, -0.1) is 0 Å². The van der Waals surface area contributed by atoms with E-state index in [-0.39, 0.29) is 23.5 Å². The number of carbonyl (C=O) groups excluding carboxylic acids is 1. The Bertz CT molecular complexity index is 743. The molecule has 9 heteroatoms. The summed E-state index contributed by atoms with van der Waals surface area (Å²) in [5, 5.41) is 17.3. The van der Waals surface area contributed by atoms with Crippen molar-refractivity contribution in [2.24, 2.45) is 0 Å². The number of anilines is 1. The molecule has 1 fully saturated rings. The van der Waals surface area contributed by atoms with Crippen molar-refractivity contribution in [3.8, 4) is 5.75 Å². The lowest BCUT2D eigenvalue weighted by Crippen LogP contribution is -2.18. The highest BCUT2D eigenvalue weighted by Crippen LogP contribution is 2.35. The van der Waals surface area contributed by atoms with Crippen molar-refractivity contribution in [1.82, 2.24) is 10.2 Å². The molecule has 1 saturated carbocycles. The van der Waals surface area contributed by atoms with Gasteiger partial charge in [0.05, 0.1) is 4.92 Å². The summed E-state index contributed by atoms with van der Waals surface area (Å²) in [6.45, 7) is 0. The maximum atomic E-state index is 11.8. The van der Waals surface area contributed by atoms with Crippen molar-refractivity contribution in [3.63, 3.8) is 0 Å². The number of hydrogen-bond donors (Lipinski definition) is 2. The molecule has 0 unspecified atom stereocenters. The number of nitrogen functional groups attached to an aromatic ring is 1. The van der Waals surface area contributed by atoms with Crippen LogP contribution in [0, 0.1) is 10.1 Å². The van der Waals surface area contributed by atoms with Crippen LogP contribution < -0.4 is 10.5 Å². The van der Waals surface area contributed by atoms with E-state index in [1.54, 1.807) is 6.07 Å². The number of nitrogens with zero attached hydrogens (tertiary/aromatic N) is 2. The van der Waals surface area contributed by atoms with E-state index in [0.29, 0.717) is 12.2 Å². The molecule has 3 rings (SSSR count). The van der Waals surface area contributed by atoms with Gasteiger partial charge < -0.3 is 15.2 Å². The predicted octanol–water partition coefficient (Wildman–Crippen LogP) is 2.75. The first-order valence-electron chi connectivity index (χ1n) is 7.45. The molecule has 0 amide bonds. The second kappa shape index (κ2) is 6.57. The molecule has 126 valence electrons. The van der Waals surface area contributed by atoms with Gasteiger partial charge in [-0.05, 0) is 31.4 Å². The minimum absolute atomic E-state index is 0.0758. The minimum atomic E-state index is -0.821. The Hall–Kier alpha value is -3.10. The average molecular weight is 332 g/mol. The van der Waals surface area contributed by atoms with E-state index in [9.17, 15) is 14.9 Å². The second-order valence-corrected chi connectivity index (χ2v) is 5.60. The van der Waals surface area contributed by atoms with E-state index in [1.807, 2.05) is 0 Å². The Kier molecular flexibility index (Phi) is 4.32. The minimum Gasteiger partial charge on any atom is -0.431 e. The summed E-state index contributed by atoms with van der Waals surface area (Å²) in [6.07, 6.45) is 1.18. The van der Waals surface area contributed by atoms with Gasteiger partial charge in [-0.25, -0.2) is 4.79 Å². The van der Waals surface area contributed by atoms with Gasteiger partial charge in [0, 0.05) is 29.8 Å². The van der Waals surface area contributed by atoms with Crippen LogP contribution in [0.5, 0.6) is 5.75 Å². The van der Waals surface area contributed by atoms with Gasteiger partial charge in [-0.2, -0.15) is 5.10 Å². The van der Waals surface area contributed by atoms with Gasteiger partial charge in [0.2, 0.25) is 0 Å². The summed E-state index contributed by atoms with van der Waals surface area (Å²) in [4.78, 5) is 21.9. The third-order valence-electron chi connectivity index (χ3n) is 3.95. The lowest BCUT2D eigenvalue weighted by Gasteiger charge is -2.12. The van der Waals surface area contributed by atoms with Gasteiger partial charge in [-0.1, -0.05) is 0 Å². The van der Waals surface area contributed by atoms with Crippen LogP contribution in [0.15, 0.2) is 30.3 Å². The van der Waals surface area contributed by atoms with E-state index >= 15 is 0 Å². The SMILES string of the molecule is Nc1cc([C@H]2CC[C@@H](OC(=O)Oc3ccc([N+](=O)[O-])cc3)C2)[nH]n1. The molecule has 1 aliphatic rings. The van der Waals surface area contributed by atoms with E-state index in [4.69, 9.17) is 15.2 Å². The van der Waals surface area contributed by atoms with Crippen LogP contribution in [0.2, 0.25) is 0 Å². The molecular formula is C15H16N4O5. The molecule has 0 saturated heterocycles. The lowest BCUT2D eigenvalue weighted by atomic mass is 10.0. The van der Waals surface area contributed by atoms with Crippen molar-refractivity contribution >= 4 is 17.7 Å². The van der Waals surface area contributed by atoms with Crippen molar-refractivity contribution in [3.05, 3.63) is 46.1 Å². The number of nitro benzene ring substituents is 1. The molecule has 1 aromatic carbocycles. The number of aromatic nitrogens is 2. The zero-order valence-corrected chi connectivity index (χ0v) is 12.7. The first-order valence-corrected chi connectivity index (χ1v) is 7.45. The summed E-state index contributed by atoms with van der Waals surface area (Å²) < 4.78 is 10.3. The lowest BCUT2D eigenvalue weighted by molar-refractivity contribution is -0.384. The van der Waals surface area contributed by atoms with Crippen molar-refractivity contribution in [2.75, 3.05) is 5.73 Å². The summed E-state index contributed by atoms with van der Waals surface area (Å²) >= 11 is 0. The van der Waals surface area contributed by atoms with E-state index in [2.05, 4.69) is 10.2 Å². The van der Waals surface area contributed by atoms with Gasteiger partial charge in [-0.3, -0.25) is 15.2 Å². The molecule has 3 N–H and O–H groups in total. The van der Waals surface area contributed by atoms with Gasteiger partial charge in [0.25, 0.3) is 5.69 Å². The first-order chi connectivity index (χ1) is 11.5. The maximum absolute atomic E-state index is 11.8. The maximum Gasteiger partial charge on any atom is 0.514 e. The quantitative estimate of drug-likeness (QED) is 0.380. The number of H-pyrrole nitrogens is 1. The fourth-order valence-corrected chi connectivity index (χ4v) is 2.78. The molecule has 1 aliphatic carbocycles. The van der Waals surface area contributed by atoms with Gasteiger partial charge in [0.1, 0.15) is 17.7 Å². The number of hydrogen-bond acceptors (Lipinski definition) is 7. The largest absolute Gasteiger partial charge is 0.514 e. The fraction of sp³-hybridized carbons (Fsp3) is 0.333. The molecule has 24 heavy (non-hydrogen) atoms. The number of nitro groups is 1. The predicted molar refractivity (Wildman–Crippen MR) is 83.6 cm³/mol. The Morgan fingerprint density at radius 2 is 2.08 bits per heavy atom. The molecule has 0 spiro atoms. The standard InChI is InChI=1S/C15H16N4O5/c16-14-8-13(17-18-14)9-1-4-12(7-9)24-15(20)23-11-5-2-10(3-6-11)19(21)22/h2-3,5-6,8-9,12H,1,4,7H2,(H3,16,17,18)/t9-,12+/m0/s1. The zero-order chi connectivity index (χ0) is 17.1. The van der Waals surface area contributed by atoms with Crippen LogP contribution in [0.25, 0.3) is 0 Å². The van der Waals surface area contributed by atoms with Crippen molar-refractivity contribution in [1.29, 1.82) is 0 Å². The Morgan fingerprint density at radius 1 is 1.33 bits per heavy atom. The monoisotopic (exact) mass is 332 g/mol. The molecular weight excluding hydrogens is 316 g/mol. The Labute approximate surface area is 136 Å². The van der Waals surface area contributed by atoms with Crippen LogP contribution in [-0.2, 0) is 4.74 Å². The summed E-state index contributed by atoms with van der Waals surface area (Å²) in [5.74, 6) is 0.848. The van der Waals surface area contributed by atoms with Crippen LogP contribution in [0.4, 0.5) is 16.3 Å². The number of rotatable bonds is 4. The summed E-state index contributed by atoms with van der Waals surface area (Å²) in [5.41, 5.74) is 6.44. The topological polar surface area (TPSA) is 133 Å². The number of carbonyl (C=O) groups is 1. The van der Waals surface area contributed by atoms with Crippen molar-refractivity contribution < 1.29 is 19.2 Å². The summed E-state index contributed by atoms with van der Waals surface area (Å²) in [6, 6.07) is 7.00. The molecule has 1 heterocycles. The number of nitrogens with two attached hydrogens (primary N) is 1. The second-order valence-electron chi connectivity index (χ2n) is 5.60. The summed E-state index contributed by atoms with van der Waals surface area (Å²) in [7, 11) is 0. The highest BCUT2D eigenvalue weighted by molar-refractivity contribution is 5.64. The van der Waals surface area contributed by atoms with Crippen molar-refractivity contribution in [2.45, 2.75) is 31.3 Å². The smallest absolute Gasteiger partial charge is 0.431 e. The van der Waals surface area contributed by atoms with Gasteiger partial charge in [0.15, 0.2) is 0 Å². The van der Waals surface area contributed by atoms with E-state index < -0.39 is 11.1 Å². The molecule has 9 nitrogen and oxygen atoms in total. The fourth-order valence-electron chi connectivity index (χ4n) is 2.78. The number of nitrogens with one attached hydrogen (secondary N) is 1. The number of non-ortho nitro benzene ring substituents is 1. The molecule has 2 aromatic rings. The Morgan fingerprint density at radius 3 is 2.71 bits per heavy atom. The average Bonchev–Trinajstić information content (AvgIpc) is 3.16. The first kappa shape index (κ1) is 15.8. The highest BCUT2D eigenvalue weighted by atomic mass is 16.7. The molecule has 1 aromatic heterocycles. The zero-order valence-electron chi connectivity index (χ0n) is 12.7. The third kappa shape index (κ3) is 3.62. The number of aromatic amines is 1. The van der Waals surface area contributed by atoms with E-state index in [0.717, 1.165) is 18.5 Å². The molecule has 0 radical (unpaired) electrons.